The van der Waals surface area contributed by atoms with E-state index in [1.807, 2.05) is 13.8 Å². The molecule has 0 saturated carbocycles. The molecule has 2 aliphatic rings. The van der Waals surface area contributed by atoms with Crippen molar-refractivity contribution in [2.24, 2.45) is 5.92 Å². The van der Waals surface area contributed by atoms with Crippen LogP contribution in [0.4, 0.5) is 0 Å². The topological polar surface area (TPSA) is 105 Å². The summed E-state index contributed by atoms with van der Waals surface area (Å²) in [7, 11) is 0. The van der Waals surface area contributed by atoms with Crippen LogP contribution in [-0.2, 0) is 19.0 Å². The number of esters is 1. The van der Waals surface area contributed by atoms with Crippen LogP contribution in [0.2, 0.25) is 0 Å². The minimum Gasteiger partial charge on any atom is -0.463 e. The zero-order chi connectivity index (χ0) is 26.2. The Kier molecular flexibility index (Phi) is 11.6. The second-order valence-electron chi connectivity index (χ2n) is 10.7. The van der Waals surface area contributed by atoms with Gasteiger partial charge in [-0.1, -0.05) is 34.9 Å². The summed E-state index contributed by atoms with van der Waals surface area (Å²) >= 11 is 0. The van der Waals surface area contributed by atoms with Crippen LogP contribution in [0.5, 0.6) is 0 Å². The van der Waals surface area contributed by atoms with Gasteiger partial charge in [0.05, 0.1) is 5.60 Å². The molecule has 1 aliphatic heterocycles. The van der Waals surface area contributed by atoms with E-state index in [0.29, 0.717) is 0 Å². The minimum atomic E-state index is -1.47. The van der Waals surface area contributed by atoms with Gasteiger partial charge < -0.3 is 29.5 Å². The number of rotatable bonds is 5. The second-order valence-corrected chi connectivity index (χ2v) is 10.7. The molecule has 0 bridgehead atoms. The van der Waals surface area contributed by atoms with Crippen molar-refractivity contribution in [3.05, 3.63) is 34.9 Å². The number of aliphatic hydroxyl groups excluding tert-OH is 3. The summed E-state index contributed by atoms with van der Waals surface area (Å²) in [6.45, 7) is 11.5. The Hall–Kier alpha value is -1.51. The van der Waals surface area contributed by atoms with Crippen molar-refractivity contribution >= 4 is 5.97 Å². The average molecular weight is 495 g/mol. The molecule has 1 fully saturated rings. The normalized spacial score (nSPS) is 36.5. The van der Waals surface area contributed by atoms with Gasteiger partial charge in [-0.25, -0.2) is 0 Å². The Morgan fingerprint density at radius 1 is 0.943 bits per heavy atom. The molecule has 0 spiro atoms. The van der Waals surface area contributed by atoms with E-state index in [9.17, 15) is 20.1 Å². The molecule has 35 heavy (non-hydrogen) atoms. The maximum absolute atomic E-state index is 11.2. The van der Waals surface area contributed by atoms with Crippen molar-refractivity contribution in [3.8, 4) is 0 Å². The number of allylic oxidation sites excluding steroid dienone is 6. The van der Waals surface area contributed by atoms with E-state index in [0.717, 1.165) is 44.9 Å². The van der Waals surface area contributed by atoms with E-state index in [4.69, 9.17) is 14.2 Å². The Balaban J connectivity index is 2.18. The molecule has 2 rings (SSSR count). The number of carbonyl (C=O) groups is 1. The third-order valence-corrected chi connectivity index (χ3v) is 7.22. The molecule has 0 radical (unpaired) electrons. The van der Waals surface area contributed by atoms with E-state index in [1.54, 1.807) is 0 Å². The molecular weight excluding hydrogens is 448 g/mol. The SMILES string of the molecule is CC(=O)OC[C@H]1O[C@@H](OC(C)(C)[C@@H]2C/C=C(\C)CC/C=C(\C)CC/C=C(\C)CC2)[C@H](O)[C@@H](O)[C@@H]1O. The molecule has 0 amide bonds. The van der Waals surface area contributed by atoms with Gasteiger partial charge in [-0.2, -0.15) is 0 Å². The van der Waals surface area contributed by atoms with Gasteiger partial charge >= 0.3 is 5.97 Å². The van der Waals surface area contributed by atoms with Crippen molar-refractivity contribution in [2.45, 2.75) is 123 Å². The molecule has 200 valence electrons. The number of aliphatic hydroxyl groups is 3. The Morgan fingerprint density at radius 3 is 2.11 bits per heavy atom. The van der Waals surface area contributed by atoms with E-state index in [-0.39, 0.29) is 12.5 Å². The number of hydrogen-bond acceptors (Lipinski definition) is 7. The first-order valence-corrected chi connectivity index (χ1v) is 12.9. The summed E-state index contributed by atoms with van der Waals surface area (Å²) in [5, 5.41) is 31.2. The third-order valence-electron chi connectivity index (χ3n) is 7.22. The summed E-state index contributed by atoms with van der Waals surface area (Å²) in [5.41, 5.74) is 3.44. The lowest BCUT2D eigenvalue weighted by atomic mass is 9.82. The fraction of sp³-hybridized carbons (Fsp3) is 0.750. The van der Waals surface area contributed by atoms with Gasteiger partial charge in [0.15, 0.2) is 6.29 Å². The summed E-state index contributed by atoms with van der Waals surface area (Å²) in [4.78, 5) is 11.2. The van der Waals surface area contributed by atoms with Gasteiger partial charge in [0, 0.05) is 6.92 Å². The molecule has 0 aromatic carbocycles. The molecular formula is C28H46O7. The van der Waals surface area contributed by atoms with Crippen molar-refractivity contribution in [2.75, 3.05) is 6.61 Å². The molecule has 1 saturated heterocycles. The van der Waals surface area contributed by atoms with Crippen LogP contribution in [-0.4, -0.2) is 64.2 Å². The summed E-state index contributed by atoms with van der Waals surface area (Å²) in [5.74, 6) is -0.386. The predicted octanol–water partition coefficient (Wildman–Crippen LogP) is 4.35. The number of ether oxygens (including phenoxy) is 3. The molecule has 6 atom stereocenters. The summed E-state index contributed by atoms with van der Waals surface area (Å²) in [6.07, 6.45) is 7.33. The van der Waals surface area contributed by atoms with Crippen molar-refractivity contribution in [1.29, 1.82) is 0 Å². The highest BCUT2D eigenvalue weighted by molar-refractivity contribution is 5.65. The van der Waals surface area contributed by atoms with Crippen molar-refractivity contribution in [3.63, 3.8) is 0 Å². The summed E-state index contributed by atoms with van der Waals surface area (Å²) < 4.78 is 17.1. The smallest absolute Gasteiger partial charge is 0.302 e. The van der Waals surface area contributed by atoms with Gasteiger partial charge in [0.25, 0.3) is 0 Å². The monoisotopic (exact) mass is 494 g/mol. The summed E-state index contributed by atoms with van der Waals surface area (Å²) in [6, 6.07) is 0. The average Bonchev–Trinajstić information content (AvgIpc) is 2.77. The lowest BCUT2D eigenvalue weighted by molar-refractivity contribution is -0.328. The molecule has 7 heteroatoms. The van der Waals surface area contributed by atoms with Gasteiger partial charge in [0.2, 0.25) is 0 Å². The first kappa shape index (κ1) is 29.7. The van der Waals surface area contributed by atoms with Crippen LogP contribution in [0, 0.1) is 5.92 Å². The molecule has 0 unspecified atom stereocenters. The lowest BCUT2D eigenvalue weighted by Gasteiger charge is -2.44. The zero-order valence-electron chi connectivity index (χ0n) is 22.3. The van der Waals surface area contributed by atoms with Crippen molar-refractivity contribution < 1.29 is 34.3 Å². The highest BCUT2D eigenvalue weighted by Crippen LogP contribution is 2.35. The largest absolute Gasteiger partial charge is 0.463 e. The van der Waals surface area contributed by atoms with Gasteiger partial charge in [-0.15, -0.1) is 0 Å². The quantitative estimate of drug-likeness (QED) is 0.385. The van der Waals surface area contributed by atoms with Gasteiger partial charge in [-0.05, 0) is 85.5 Å². The van der Waals surface area contributed by atoms with Crippen LogP contribution in [0.3, 0.4) is 0 Å². The van der Waals surface area contributed by atoms with Crippen LogP contribution in [0.25, 0.3) is 0 Å². The minimum absolute atomic E-state index is 0.132. The molecule has 1 aliphatic carbocycles. The molecule has 7 nitrogen and oxygen atoms in total. The van der Waals surface area contributed by atoms with Gasteiger partial charge in [-0.3, -0.25) is 4.79 Å². The highest BCUT2D eigenvalue weighted by atomic mass is 16.7. The molecule has 0 aromatic rings. The molecule has 1 heterocycles. The zero-order valence-corrected chi connectivity index (χ0v) is 22.3. The third kappa shape index (κ3) is 9.47. The Labute approximate surface area is 210 Å². The number of hydrogen-bond donors (Lipinski definition) is 3. The van der Waals surface area contributed by atoms with Gasteiger partial charge in [0.1, 0.15) is 31.0 Å². The maximum atomic E-state index is 11.2. The van der Waals surface area contributed by atoms with Crippen LogP contribution >= 0.6 is 0 Å². The predicted molar refractivity (Wildman–Crippen MR) is 136 cm³/mol. The fourth-order valence-electron chi connectivity index (χ4n) is 4.64. The van der Waals surface area contributed by atoms with E-state index in [1.165, 1.54) is 23.6 Å². The Morgan fingerprint density at radius 2 is 1.51 bits per heavy atom. The Bertz CT molecular complexity index is 782. The second kappa shape index (κ2) is 13.7. The standard InChI is InChI=1S/C28H46O7/c1-18-9-7-11-19(2)13-15-22(16-14-20(3)12-8-10-18)28(5,6)35-27-26(32)25(31)24(30)23(34-27)17-33-21(4)29/h9,12-13,22-27,30-32H,7-8,10-11,14-17H2,1-6H3/b18-9+,19-13+,20-12+/t22-,23-,24-,25+,26-,27+/m1/s1. The lowest BCUT2D eigenvalue weighted by Crippen LogP contribution is -2.61. The first-order valence-electron chi connectivity index (χ1n) is 12.9. The van der Waals surface area contributed by atoms with E-state index in [2.05, 4.69) is 39.0 Å². The molecule has 3 N–H and O–H groups in total. The maximum Gasteiger partial charge on any atom is 0.302 e. The van der Waals surface area contributed by atoms with Crippen molar-refractivity contribution in [1.82, 2.24) is 0 Å². The van der Waals surface area contributed by atoms with Crippen LogP contribution in [0.1, 0.15) is 86.5 Å². The molecule has 0 aromatic heterocycles. The van der Waals surface area contributed by atoms with E-state index < -0.39 is 42.3 Å². The number of carbonyl (C=O) groups excluding carboxylic acids is 1. The fourth-order valence-corrected chi connectivity index (χ4v) is 4.64. The first-order chi connectivity index (χ1) is 16.4. The van der Waals surface area contributed by atoms with Crippen LogP contribution < -0.4 is 0 Å². The highest BCUT2D eigenvalue weighted by Gasteiger charge is 2.47. The van der Waals surface area contributed by atoms with E-state index >= 15 is 0 Å². The van der Waals surface area contributed by atoms with Crippen LogP contribution in [0.15, 0.2) is 34.9 Å².